The highest BCUT2D eigenvalue weighted by molar-refractivity contribution is 5.76. The lowest BCUT2D eigenvalue weighted by molar-refractivity contribution is -0.121. The van der Waals surface area contributed by atoms with E-state index >= 15 is 0 Å². The number of pyridine rings is 1. The molecule has 0 aliphatic carbocycles. The predicted molar refractivity (Wildman–Crippen MR) is 75.6 cm³/mol. The van der Waals surface area contributed by atoms with Gasteiger partial charge in [0.25, 0.3) is 0 Å². The Hall–Kier alpha value is -2.16. The van der Waals surface area contributed by atoms with Crippen LogP contribution in [0.3, 0.4) is 0 Å². The summed E-state index contributed by atoms with van der Waals surface area (Å²) in [6.45, 7) is 2.00. The molecular weight excluding hydrogens is 236 g/mol. The van der Waals surface area contributed by atoms with E-state index in [1.54, 1.807) is 6.20 Å². The smallest absolute Gasteiger partial charge is 0.220 e. The normalized spacial score (nSPS) is 11.8. The van der Waals surface area contributed by atoms with Crippen LogP contribution >= 0.6 is 0 Å². The number of rotatable bonds is 5. The minimum absolute atomic E-state index is 0.0574. The number of hydrogen-bond donors (Lipinski definition) is 1. The average Bonchev–Trinajstić information content (AvgIpc) is 2.47. The fourth-order valence-corrected chi connectivity index (χ4v) is 1.98. The Bertz CT molecular complexity index is 471. The van der Waals surface area contributed by atoms with Crippen LogP contribution in [-0.2, 0) is 4.79 Å². The highest BCUT2D eigenvalue weighted by atomic mass is 16.1. The topological polar surface area (TPSA) is 42.0 Å². The molecule has 0 bridgehead atoms. The van der Waals surface area contributed by atoms with Crippen LogP contribution in [0.5, 0.6) is 0 Å². The molecule has 0 spiro atoms. The fraction of sp³-hybridized carbons (Fsp3) is 0.250. The third kappa shape index (κ3) is 3.65. The number of carbonyl (C=O) groups excluding carboxylic acids is 1. The molecule has 1 aromatic heterocycles. The van der Waals surface area contributed by atoms with Crippen LogP contribution in [0.2, 0.25) is 0 Å². The number of nitrogens with zero attached hydrogens (tertiary/aromatic N) is 1. The van der Waals surface area contributed by atoms with Crippen molar-refractivity contribution < 1.29 is 4.79 Å². The van der Waals surface area contributed by atoms with Gasteiger partial charge in [-0.1, -0.05) is 43.3 Å². The second kappa shape index (κ2) is 6.69. The van der Waals surface area contributed by atoms with Crippen LogP contribution < -0.4 is 5.32 Å². The molecule has 0 saturated carbocycles. The first-order valence-corrected chi connectivity index (χ1v) is 6.56. The Kier molecular flexibility index (Phi) is 4.67. The molecule has 0 saturated heterocycles. The Balaban J connectivity index is 2.26. The Morgan fingerprint density at radius 3 is 2.53 bits per heavy atom. The molecule has 3 nitrogen and oxygen atoms in total. The zero-order valence-corrected chi connectivity index (χ0v) is 11.0. The monoisotopic (exact) mass is 254 g/mol. The largest absolute Gasteiger partial charge is 0.344 e. The molecule has 1 N–H and O–H groups in total. The zero-order chi connectivity index (χ0) is 13.5. The van der Waals surface area contributed by atoms with Gasteiger partial charge in [0, 0.05) is 12.6 Å². The molecule has 2 rings (SSSR count). The van der Waals surface area contributed by atoms with Gasteiger partial charge in [0.1, 0.15) is 0 Å². The molecule has 1 heterocycles. The van der Waals surface area contributed by atoms with Gasteiger partial charge in [0.15, 0.2) is 0 Å². The first kappa shape index (κ1) is 13.3. The fourth-order valence-electron chi connectivity index (χ4n) is 1.98. The highest BCUT2D eigenvalue weighted by Crippen LogP contribution is 2.20. The molecule has 1 atom stereocenters. The van der Waals surface area contributed by atoms with Gasteiger partial charge < -0.3 is 5.32 Å². The van der Waals surface area contributed by atoms with Crippen molar-refractivity contribution in [3.63, 3.8) is 0 Å². The van der Waals surface area contributed by atoms with E-state index < -0.39 is 0 Å². The maximum absolute atomic E-state index is 11.9. The number of hydrogen-bond acceptors (Lipinski definition) is 2. The Morgan fingerprint density at radius 2 is 1.89 bits per heavy atom. The molecule has 0 aliphatic rings. The second-order valence-electron chi connectivity index (χ2n) is 4.42. The second-order valence-corrected chi connectivity index (χ2v) is 4.42. The minimum Gasteiger partial charge on any atom is -0.344 e. The molecule has 98 valence electrons. The van der Waals surface area contributed by atoms with E-state index in [1.165, 1.54) is 0 Å². The van der Waals surface area contributed by atoms with Gasteiger partial charge in [-0.2, -0.15) is 0 Å². The molecule has 0 fully saturated rings. The van der Waals surface area contributed by atoms with Crippen molar-refractivity contribution in [1.82, 2.24) is 10.3 Å². The van der Waals surface area contributed by atoms with E-state index in [2.05, 4.69) is 10.3 Å². The lowest BCUT2D eigenvalue weighted by Crippen LogP contribution is -2.29. The maximum Gasteiger partial charge on any atom is 0.220 e. The molecule has 0 radical (unpaired) electrons. The van der Waals surface area contributed by atoms with Crippen LogP contribution in [-0.4, -0.2) is 10.9 Å². The van der Waals surface area contributed by atoms with Gasteiger partial charge in [-0.3, -0.25) is 9.78 Å². The molecular formula is C16H18N2O. The van der Waals surface area contributed by atoms with E-state index in [1.807, 2.05) is 55.5 Å². The van der Waals surface area contributed by atoms with E-state index in [0.29, 0.717) is 6.42 Å². The number of amides is 1. The third-order valence-electron chi connectivity index (χ3n) is 2.90. The average molecular weight is 254 g/mol. The minimum atomic E-state index is -0.179. The summed E-state index contributed by atoms with van der Waals surface area (Å²) in [5.74, 6) is 0.0574. The van der Waals surface area contributed by atoms with Crippen molar-refractivity contribution in [2.24, 2.45) is 0 Å². The van der Waals surface area contributed by atoms with Crippen molar-refractivity contribution in [1.29, 1.82) is 0 Å². The molecule has 1 amide bonds. The summed E-state index contributed by atoms with van der Waals surface area (Å²) >= 11 is 0. The molecule has 0 unspecified atom stereocenters. The maximum atomic E-state index is 11.9. The molecule has 1 aromatic carbocycles. The molecule has 3 heteroatoms. The van der Waals surface area contributed by atoms with Crippen molar-refractivity contribution in [3.8, 4) is 0 Å². The van der Waals surface area contributed by atoms with E-state index in [9.17, 15) is 4.79 Å². The number of benzene rings is 1. The lowest BCUT2D eigenvalue weighted by atomic mass is 10.0. The first-order valence-electron chi connectivity index (χ1n) is 6.56. The molecule has 0 aliphatic heterocycles. The van der Waals surface area contributed by atoms with Crippen molar-refractivity contribution in [2.75, 3.05) is 0 Å². The quantitative estimate of drug-likeness (QED) is 0.891. The summed E-state index contributed by atoms with van der Waals surface area (Å²) in [7, 11) is 0. The zero-order valence-electron chi connectivity index (χ0n) is 11.0. The summed E-state index contributed by atoms with van der Waals surface area (Å²) in [6.07, 6.45) is 3.13. The summed E-state index contributed by atoms with van der Waals surface area (Å²) in [5, 5.41) is 3.05. The SMILES string of the molecule is CCCC(=O)N[C@H](c1ccccc1)c1ccccn1. The van der Waals surface area contributed by atoms with E-state index in [-0.39, 0.29) is 11.9 Å². The van der Waals surface area contributed by atoms with E-state index in [0.717, 1.165) is 17.7 Å². The summed E-state index contributed by atoms with van der Waals surface area (Å²) in [6, 6.07) is 15.5. The van der Waals surface area contributed by atoms with Crippen LogP contribution in [0.1, 0.15) is 37.1 Å². The summed E-state index contributed by atoms with van der Waals surface area (Å²) in [4.78, 5) is 16.2. The number of carbonyl (C=O) groups is 1. The van der Waals surface area contributed by atoms with Crippen LogP contribution in [0.25, 0.3) is 0 Å². The van der Waals surface area contributed by atoms with Gasteiger partial charge >= 0.3 is 0 Å². The highest BCUT2D eigenvalue weighted by Gasteiger charge is 2.16. The van der Waals surface area contributed by atoms with Gasteiger partial charge in [-0.15, -0.1) is 0 Å². The Morgan fingerprint density at radius 1 is 1.16 bits per heavy atom. The van der Waals surface area contributed by atoms with Gasteiger partial charge in [-0.25, -0.2) is 0 Å². The number of nitrogens with one attached hydrogen (secondary N) is 1. The third-order valence-corrected chi connectivity index (χ3v) is 2.90. The first-order chi connectivity index (χ1) is 9.31. The summed E-state index contributed by atoms with van der Waals surface area (Å²) < 4.78 is 0. The predicted octanol–water partition coefficient (Wildman–Crippen LogP) is 3.09. The van der Waals surface area contributed by atoms with Crippen LogP contribution in [0, 0.1) is 0 Å². The van der Waals surface area contributed by atoms with Gasteiger partial charge in [0.2, 0.25) is 5.91 Å². The van der Waals surface area contributed by atoms with E-state index in [4.69, 9.17) is 0 Å². The molecule has 19 heavy (non-hydrogen) atoms. The number of aromatic nitrogens is 1. The Labute approximate surface area is 113 Å². The summed E-state index contributed by atoms with van der Waals surface area (Å²) in [5.41, 5.74) is 1.91. The van der Waals surface area contributed by atoms with Crippen molar-refractivity contribution in [3.05, 3.63) is 66.0 Å². The lowest BCUT2D eigenvalue weighted by Gasteiger charge is -2.18. The van der Waals surface area contributed by atoms with Gasteiger partial charge in [-0.05, 0) is 24.1 Å². The van der Waals surface area contributed by atoms with Gasteiger partial charge in [0.05, 0.1) is 11.7 Å². The molecule has 2 aromatic rings. The van der Waals surface area contributed by atoms with Crippen LogP contribution in [0.15, 0.2) is 54.7 Å². The van der Waals surface area contributed by atoms with Crippen LogP contribution in [0.4, 0.5) is 0 Å². The van der Waals surface area contributed by atoms with Crippen molar-refractivity contribution >= 4 is 5.91 Å². The van der Waals surface area contributed by atoms with Crippen molar-refractivity contribution in [2.45, 2.75) is 25.8 Å². The standard InChI is InChI=1S/C16H18N2O/c1-2-8-15(19)18-16(13-9-4-3-5-10-13)14-11-6-7-12-17-14/h3-7,9-12,16H,2,8H2,1H3,(H,18,19)/t16-/m1/s1.